The van der Waals surface area contributed by atoms with Crippen LogP contribution >= 0.6 is 11.3 Å². The zero-order chi connectivity index (χ0) is 14.8. The first-order valence-corrected chi connectivity index (χ1v) is 7.77. The van der Waals surface area contributed by atoms with Crippen molar-refractivity contribution in [3.8, 4) is 0 Å². The van der Waals surface area contributed by atoms with Gasteiger partial charge in [-0.25, -0.2) is 4.98 Å². The molecule has 3 rings (SSSR count). The van der Waals surface area contributed by atoms with Gasteiger partial charge in [0, 0.05) is 24.4 Å². The molecule has 2 unspecified atom stereocenters. The minimum Gasteiger partial charge on any atom is -0.480 e. The lowest BCUT2D eigenvalue weighted by Gasteiger charge is -2.15. The first-order valence-electron chi connectivity index (χ1n) is 6.89. The zero-order valence-corrected chi connectivity index (χ0v) is 12.3. The maximum Gasteiger partial charge on any atom is 0.326 e. The molecule has 1 aliphatic heterocycles. The molecule has 2 atom stereocenters. The molecule has 6 heteroatoms. The van der Waals surface area contributed by atoms with Crippen molar-refractivity contribution in [2.45, 2.75) is 18.4 Å². The molecule has 110 valence electrons. The molecular formula is C15H17N3O2S. The highest BCUT2D eigenvalue weighted by Gasteiger charge is 2.27. The van der Waals surface area contributed by atoms with E-state index in [1.54, 1.807) is 5.38 Å². The van der Waals surface area contributed by atoms with Crippen LogP contribution < -0.4 is 10.6 Å². The summed E-state index contributed by atoms with van der Waals surface area (Å²) >= 11 is 1.46. The highest BCUT2D eigenvalue weighted by atomic mass is 32.1. The van der Waals surface area contributed by atoms with Crippen LogP contribution in [0, 0.1) is 0 Å². The number of carbonyl (C=O) groups is 1. The van der Waals surface area contributed by atoms with E-state index in [4.69, 9.17) is 10.8 Å². The van der Waals surface area contributed by atoms with Crippen molar-refractivity contribution >= 4 is 22.4 Å². The van der Waals surface area contributed by atoms with E-state index in [0.29, 0.717) is 11.6 Å². The molecule has 1 aromatic carbocycles. The van der Waals surface area contributed by atoms with E-state index in [-0.39, 0.29) is 0 Å². The third-order valence-corrected chi connectivity index (χ3v) is 4.74. The predicted octanol–water partition coefficient (Wildman–Crippen LogP) is 2.22. The molecular weight excluding hydrogens is 286 g/mol. The van der Waals surface area contributed by atoms with Crippen LogP contribution in [0.1, 0.15) is 29.6 Å². The number of aromatic nitrogens is 1. The molecule has 0 spiro atoms. The molecule has 1 saturated heterocycles. The van der Waals surface area contributed by atoms with Crippen molar-refractivity contribution in [1.29, 1.82) is 0 Å². The van der Waals surface area contributed by atoms with E-state index >= 15 is 0 Å². The number of anilines is 1. The van der Waals surface area contributed by atoms with Crippen LogP contribution in [0.4, 0.5) is 5.13 Å². The molecule has 2 heterocycles. The second-order valence-corrected chi connectivity index (χ2v) is 6.05. The van der Waals surface area contributed by atoms with Crippen LogP contribution in [0.15, 0.2) is 35.7 Å². The van der Waals surface area contributed by atoms with E-state index in [1.165, 1.54) is 16.9 Å². The Labute approximate surface area is 127 Å². The summed E-state index contributed by atoms with van der Waals surface area (Å²) in [6, 6.07) is 9.42. The molecule has 0 radical (unpaired) electrons. The molecule has 5 nitrogen and oxygen atoms in total. The fraction of sp³-hybridized carbons (Fsp3) is 0.333. The van der Waals surface area contributed by atoms with Gasteiger partial charge in [-0.05, 0) is 12.0 Å². The molecule has 2 aromatic rings. The minimum absolute atomic E-state index is 0.436. The molecule has 3 N–H and O–H groups in total. The summed E-state index contributed by atoms with van der Waals surface area (Å²) in [6.07, 6.45) is 1.09. The van der Waals surface area contributed by atoms with Crippen LogP contribution in [0.2, 0.25) is 0 Å². The fourth-order valence-corrected chi connectivity index (χ4v) is 3.52. The van der Waals surface area contributed by atoms with E-state index in [1.807, 2.05) is 6.07 Å². The number of aliphatic carboxylic acids is 1. The molecule has 21 heavy (non-hydrogen) atoms. The number of rotatable bonds is 4. The van der Waals surface area contributed by atoms with E-state index < -0.39 is 12.0 Å². The predicted molar refractivity (Wildman–Crippen MR) is 82.7 cm³/mol. The van der Waals surface area contributed by atoms with Gasteiger partial charge in [-0.3, -0.25) is 4.79 Å². The number of thiazole rings is 1. The Balaban J connectivity index is 1.71. The van der Waals surface area contributed by atoms with Gasteiger partial charge in [-0.2, -0.15) is 0 Å². The standard InChI is InChI=1S/C15H17N3O2S/c16-13(14(19)20)12-9-21-15(17-12)18-7-6-11(8-18)10-4-2-1-3-5-10/h1-5,9,11,13H,6-8,16H2,(H,19,20). The van der Waals surface area contributed by atoms with Gasteiger partial charge < -0.3 is 15.7 Å². The largest absolute Gasteiger partial charge is 0.480 e. The van der Waals surface area contributed by atoms with Crippen molar-refractivity contribution in [2.24, 2.45) is 5.73 Å². The number of hydrogen-bond acceptors (Lipinski definition) is 5. The van der Waals surface area contributed by atoms with Crippen LogP contribution in [0.5, 0.6) is 0 Å². The van der Waals surface area contributed by atoms with Crippen LogP contribution in [-0.2, 0) is 4.79 Å². The maximum absolute atomic E-state index is 10.9. The van der Waals surface area contributed by atoms with E-state index in [9.17, 15) is 4.79 Å². The number of nitrogens with zero attached hydrogens (tertiary/aromatic N) is 2. The Morgan fingerprint density at radius 1 is 1.43 bits per heavy atom. The number of hydrogen-bond donors (Lipinski definition) is 2. The Morgan fingerprint density at radius 2 is 2.19 bits per heavy atom. The Hall–Kier alpha value is -1.92. The normalized spacial score (nSPS) is 19.7. The van der Waals surface area contributed by atoms with Gasteiger partial charge in [-0.1, -0.05) is 30.3 Å². The average molecular weight is 303 g/mol. The fourth-order valence-electron chi connectivity index (χ4n) is 2.62. The van der Waals surface area contributed by atoms with Crippen LogP contribution in [-0.4, -0.2) is 29.1 Å². The molecule has 1 fully saturated rings. The molecule has 1 aromatic heterocycles. The minimum atomic E-state index is -1.05. The van der Waals surface area contributed by atoms with Crippen molar-refractivity contribution in [3.63, 3.8) is 0 Å². The summed E-state index contributed by atoms with van der Waals surface area (Å²) in [6.45, 7) is 1.86. The van der Waals surface area contributed by atoms with Crippen molar-refractivity contribution in [1.82, 2.24) is 4.98 Å². The summed E-state index contributed by atoms with van der Waals surface area (Å²) in [5, 5.41) is 11.5. The summed E-state index contributed by atoms with van der Waals surface area (Å²) in [7, 11) is 0. The quantitative estimate of drug-likeness (QED) is 0.905. The highest BCUT2D eigenvalue weighted by Crippen LogP contribution is 2.32. The first kappa shape index (κ1) is 14.0. The second-order valence-electron chi connectivity index (χ2n) is 5.21. The van der Waals surface area contributed by atoms with Crippen LogP contribution in [0.25, 0.3) is 0 Å². The first-order chi connectivity index (χ1) is 10.1. The lowest BCUT2D eigenvalue weighted by Crippen LogP contribution is -2.22. The smallest absolute Gasteiger partial charge is 0.326 e. The topological polar surface area (TPSA) is 79.5 Å². The lowest BCUT2D eigenvalue weighted by molar-refractivity contribution is -0.138. The zero-order valence-electron chi connectivity index (χ0n) is 11.5. The summed E-state index contributed by atoms with van der Waals surface area (Å²) in [5.41, 5.74) is 7.38. The SMILES string of the molecule is NC(C(=O)O)c1csc(N2CCC(c3ccccc3)C2)n1. The van der Waals surface area contributed by atoms with Gasteiger partial charge in [0.15, 0.2) is 5.13 Å². The van der Waals surface area contributed by atoms with Gasteiger partial charge in [0.05, 0.1) is 5.69 Å². The van der Waals surface area contributed by atoms with E-state index in [0.717, 1.165) is 24.6 Å². The number of carboxylic acids is 1. The number of benzene rings is 1. The highest BCUT2D eigenvalue weighted by molar-refractivity contribution is 7.13. The van der Waals surface area contributed by atoms with Crippen molar-refractivity contribution in [3.05, 3.63) is 47.0 Å². The number of nitrogens with two attached hydrogens (primary N) is 1. The molecule has 0 aliphatic carbocycles. The van der Waals surface area contributed by atoms with Gasteiger partial charge in [-0.15, -0.1) is 11.3 Å². The van der Waals surface area contributed by atoms with Gasteiger partial charge >= 0.3 is 5.97 Å². The van der Waals surface area contributed by atoms with Gasteiger partial charge in [0.25, 0.3) is 0 Å². The van der Waals surface area contributed by atoms with Crippen molar-refractivity contribution in [2.75, 3.05) is 18.0 Å². The summed E-state index contributed by atoms with van der Waals surface area (Å²) < 4.78 is 0. The molecule has 0 amide bonds. The monoisotopic (exact) mass is 303 g/mol. The van der Waals surface area contributed by atoms with E-state index in [2.05, 4.69) is 34.1 Å². The summed E-state index contributed by atoms with van der Waals surface area (Å²) in [5.74, 6) is -0.540. The Morgan fingerprint density at radius 3 is 2.90 bits per heavy atom. The molecule has 0 bridgehead atoms. The van der Waals surface area contributed by atoms with Gasteiger partial charge in [0.2, 0.25) is 0 Å². The Kier molecular flexibility index (Phi) is 3.90. The van der Waals surface area contributed by atoms with Crippen LogP contribution in [0.3, 0.4) is 0 Å². The third kappa shape index (κ3) is 2.91. The lowest BCUT2D eigenvalue weighted by atomic mass is 9.99. The molecule has 0 saturated carbocycles. The molecule has 1 aliphatic rings. The van der Waals surface area contributed by atoms with Gasteiger partial charge in [0.1, 0.15) is 6.04 Å². The Bertz CT molecular complexity index is 629. The van der Waals surface area contributed by atoms with Crippen molar-refractivity contribution < 1.29 is 9.90 Å². The summed E-state index contributed by atoms with van der Waals surface area (Å²) in [4.78, 5) is 17.5. The second kappa shape index (κ2) is 5.83. The maximum atomic E-state index is 10.9. The number of carboxylic acid groups (broad SMARTS) is 1. The average Bonchev–Trinajstić information content (AvgIpc) is 3.16. The third-order valence-electron chi connectivity index (χ3n) is 3.82.